The summed E-state index contributed by atoms with van der Waals surface area (Å²) in [5, 5.41) is 0. The summed E-state index contributed by atoms with van der Waals surface area (Å²) in [6, 6.07) is 0. The Morgan fingerprint density at radius 3 is 1.52 bits per heavy atom. The molecule has 0 saturated carbocycles. The van der Waals surface area contributed by atoms with Crippen molar-refractivity contribution in [3.05, 3.63) is 41.0 Å². The molecule has 0 N–H and O–H groups in total. The van der Waals surface area contributed by atoms with Gasteiger partial charge in [-0.1, -0.05) is 0 Å². The van der Waals surface area contributed by atoms with E-state index in [1.165, 1.54) is 38.5 Å². The molecule has 3 aliphatic rings. The molecule has 2 aliphatic carbocycles. The molecule has 0 aromatic carbocycles. The molecular weight excluding hydrogens is 539 g/mol. The molecule has 1 heterocycles. The van der Waals surface area contributed by atoms with Crippen molar-refractivity contribution in [1.82, 2.24) is 0 Å². The zero-order valence-corrected chi connectivity index (χ0v) is 26.4. The van der Waals surface area contributed by atoms with E-state index in [-0.39, 0.29) is 24.8 Å². The summed E-state index contributed by atoms with van der Waals surface area (Å²) in [6.07, 6.45) is 12.5. The summed E-state index contributed by atoms with van der Waals surface area (Å²) in [4.78, 5) is 0. The van der Waals surface area contributed by atoms with Crippen LogP contribution in [-0.4, -0.2) is 29.8 Å². The molecule has 0 saturated heterocycles. The second kappa shape index (κ2) is 12.5. The molecule has 0 fully saturated rings. The fourth-order valence-corrected chi connectivity index (χ4v) is 10.1. The van der Waals surface area contributed by atoms with E-state index in [4.69, 9.17) is 8.85 Å². The molecule has 0 radical (unpaired) electrons. The largest absolute Gasteiger partial charge is 1.00 e. The van der Waals surface area contributed by atoms with Gasteiger partial charge in [-0.05, 0) is 0 Å². The van der Waals surface area contributed by atoms with Gasteiger partial charge >= 0.3 is 194 Å². The Bertz CT molecular complexity index is 697. The predicted octanol–water partition coefficient (Wildman–Crippen LogP) is 1.16. The van der Waals surface area contributed by atoms with Crippen LogP contribution in [0.1, 0.15) is 45.4 Å². The normalized spacial score (nSPS) is 18.4. The quantitative estimate of drug-likeness (QED) is 0.286. The van der Waals surface area contributed by atoms with E-state index < -0.39 is 39.9 Å². The third-order valence-corrected chi connectivity index (χ3v) is 12.0. The summed E-state index contributed by atoms with van der Waals surface area (Å²) < 4.78 is 16.0. The standard InChI is InChI=1S/C24H40O2Si2.2ClH.Zr/c1-20(23-16-8-12-21(23)14-10-18-25-27(2,3)4)24-17-9-13-22(24)15-11-19-26-28(5,6)7;;;/h16-17,20H,8-11,14-15,18-19H2,1-7H3;2*1H;/q;;;+2/p-2. The van der Waals surface area contributed by atoms with Gasteiger partial charge in [-0.2, -0.15) is 0 Å². The average Bonchev–Trinajstić information content (AvgIpc) is 3.19. The summed E-state index contributed by atoms with van der Waals surface area (Å²) in [5.74, 6) is 0.575. The fourth-order valence-electron chi connectivity index (χ4n) is 4.59. The molecule has 7 heteroatoms. The second-order valence-corrected chi connectivity index (χ2v) is 23.2. The maximum atomic E-state index is 6.13. The van der Waals surface area contributed by atoms with E-state index in [0.29, 0.717) is 5.92 Å². The van der Waals surface area contributed by atoms with E-state index in [2.05, 4.69) is 58.4 Å². The third kappa shape index (κ3) is 8.49. The molecule has 174 valence electrons. The predicted molar refractivity (Wildman–Crippen MR) is 126 cm³/mol. The molecule has 0 spiro atoms. The van der Waals surface area contributed by atoms with Crippen LogP contribution in [0.3, 0.4) is 0 Å². The molecule has 0 amide bonds. The minimum Gasteiger partial charge on any atom is -1.00 e. The molecule has 2 nitrogen and oxygen atoms in total. The van der Waals surface area contributed by atoms with Crippen LogP contribution < -0.4 is 24.8 Å². The molecule has 0 aromatic heterocycles. The van der Waals surface area contributed by atoms with Gasteiger partial charge in [0, 0.05) is 0 Å². The summed E-state index contributed by atoms with van der Waals surface area (Å²) >= 11 is -0.619. The first-order valence-corrected chi connectivity index (χ1v) is 20.7. The topological polar surface area (TPSA) is 18.5 Å². The number of allylic oxidation sites excluding steroid dienone is 8. The molecule has 0 unspecified atom stereocenters. The van der Waals surface area contributed by atoms with Crippen LogP contribution in [0.4, 0.5) is 0 Å². The summed E-state index contributed by atoms with van der Waals surface area (Å²) in [7, 11) is -2.77. The van der Waals surface area contributed by atoms with Crippen LogP contribution in [-0.2, 0) is 32.1 Å². The first kappa shape index (κ1) is 29.8. The van der Waals surface area contributed by atoms with Crippen LogP contribution >= 0.6 is 0 Å². The first-order chi connectivity index (χ1) is 13.6. The molecule has 0 aromatic rings. The Morgan fingerprint density at radius 2 is 1.16 bits per heavy atom. The zero-order valence-electron chi connectivity index (χ0n) is 20.5. The third-order valence-electron chi connectivity index (χ3n) is 5.92. The number of hydrogen-bond donors (Lipinski definition) is 0. The summed E-state index contributed by atoms with van der Waals surface area (Å²) in [6.45, 7) is 18.1. The van der Waals surface area contributed by atoms with Crippen molar-refractivity contribution in [1.29, 1.82) is 0 Å². The molecule has 31 heavy (non-hydrogen) atoms. The Balaban J connectivity index is 0.00000240. The number of rotatable bonds is 10. The summed E-state index contributed by atoms with van der Waals surface area (Å²) in [5.41, 5.74) is 6.82. The van der Waals surface area contributed by atoms with Gasteiger partial charge < -0.3 is 24.8 Å². The van der Waals surface area contributed by atoms with Crippen molar-refractivity contribution in [2.45, 2.75) is 84.7 Å². The van der Waals surface area contributed by atoms with Crippen LogP contribution in [0.15, 0.2) is 41.0 Å². The minimum absolute atomic E-state index is 0. The second-order valence-electron chi connectivity index (χ2n) is 10.6. The van der Waals surface area contributed by atoms with Crippen molar-refractivity contribution >= 4 is 16.6 Å². The van der Waals surface area contributed by atoms with Crippen LogP contribution in [0, 0.1) is 5.92 Å². The smallest absolute Gasteiger partial charge is 1.00 e. The van der Waals surface area contributed by atoms with Crippen molar-refractivity contribution in [3.63, 3.8) is 0 Å². The SMILES string of the molecule is CC1C2=CC[C](=C2CCCO[Si](C)(C)C)[Zr+2][C]2=C(CCCO[Si](C)(C)C)C1=CC2.[Cl-].[Cl-]. The van der Waals surface area contributed by atoms with Gasteiger partial charge in [-0.3, -0.25) is 0 Å². The van der Waals surface area contributed by atoms with Crippen molar-refractivity contribution < 1.29 is 56.9 Å². The Labute approximate surface area is 217 Å². The van der Waals surface area contributed by atoms with Crippen molar-refractivity contribution in [3.8, 4) is 0 Å². The molecule has 4 bridgehead atoms. The van der Waals surface area contributed by atoms with Gasteiger partial charge in [-0.15, -0.1) is 0 Å². The van der Waals surface area contributed by atoms with Gasteiger partial charge in [0.15, 0.2) is 0 Å². The van der Waals surface area contributed by atoms with Gasteiger partial charge in [0.05, 0.1) is 0 Å². The van der Waals surface area contributed by atoms with E-state index in [1.54, 1.807) is 22.3 Å². The molecule has 0 atom stereocenters. The maximum absolute atomic E-state index is 6.13. The van der Waals surface area contributed by atoms with Gasteiger partial charge in [0.25, 0.3) is 0 Å². The Hall–Kier alpha value is 0.777. The Morgan fingerprint density at radius 1 is 0.774 bits per heavy atom. The van der Waals surface area contributed by atoms with E-state index in [9.17, 15) is 0 Å². The van der Waals surface area contributed by atoms with Crippen molar-refractivity contribution in [2.75, 3.05) is 13.2 Å². The van der Waals surface area contributed by atoms with Gasteiger partial charge in [0.1, 0.15) is 0 Å². The monoisotopic (exact) mass is 576 g/mol. The van der Waals surface area contributed by atoms with Crippen LogP contribution in [0.25, 0.3) is 0 Å². The van der Waals surface area contributed by atoms with E-state index >= 15 is 0 Å². The van der Waals surface area contributed by atoms with Crippen molar-refractivity contribution in [2.24, 2.45) is 5.92 Å². The van der Waals surface area contributed by atoms with E-state index in [0.717, 1.165) is 13.2 Å². The maximum Gasteiger partial charge on any atom is -1.00 e. The van der Waals surface area contributed by atoms with E-state index in [1.807, 2.05) is 6.56 Å². The molecule has 1 aliphatic heterocycles. The van der Waals surface area contributed by atoms with Crippen LogP contribution in [0.2, 0.25) is 39.3 Å². The molecule has 3 rings (SSSR count). The minimum atomic E-state index is -1.39. The number of halogens is 2. The number of hydrogen-bond acceptors (Lipinski definition) is 2. The van der Waals surface area contributed by atoms with Crippen LogP contribution in [0.5, 0.6) is 0 Å². The molecular formula is C24H40Cl2O2Si2Zr. The zero-order chi connectivity index (χ0) is 21.2. The van der Waals surface area contributed by atoms with Gasteiger partial charge in [0.2, 0.25) is 0 Å². The Kier molecular flexibility index (Phi) is 12.0. The fraction of sp³-hybridized carbons (Fsp3) is 0.667. The van der Waals surface area contributed by atoms with Gasteiger partial charge in [-0.25, -0.2) is 0 Å². The number of fused-ring (bicyclic) bond motifs is 2. The first-order valence-electron chi connectivity index (χ1n) is 11.4. The average molecular weight is 579 g/mol.